The predicted molar refractivity (Wildman–Crippen MR) is 85.6 cm³/mol. The Morgan fingerprint density at radius 2 is 2.00 bits per heavy atom. The summed E-state index contributed by atoms with van der Waals surface area (Å²) in [5, 5.41) is 6.06. The van der Waals surface area contributed by atoms with Gasteiger partial charge in [0.15, 0.2) is 0 Å². The fourth-order valence-corrected chi connectivity index (χ4v) is 1.90. The van der Waals surface area contributed by atoms with E-state index < -0.39 is 0 Å². The molecule has 0 aromatic carbocycles. The molecular weight excluding hydrogens is 278 g/mol. The lowest BCUT2D eigenvalue weighted by Crippen LogP contribution is -2.28. The molecule has 1 amide bonds. The summed E-state index contributed by atoms with van der Waals surface area (Å²) in [6.07, 6.45) is 1.70. The van der Waals surface area contributed by atoms with E-state index in [0.29, 0.717) is 23.9 Å². The zero-order valence-corrected chi connectivity index (χ0v) is 13.3. The van der Waals surface area contributed by atoms with Crippen molar-refractivity contribution in [1.82, 2.24) is 20.3 Å². The fraction of sp³-hybridized carbons (Fsp3) is 0.375. The van der Waals surface area contributed by atoms with Crippen LogP contribution in [0, 0.1) is 6.92 Å². The van der Waals surface area contributed by atoms with Gasteiger partial charge in [0.2, 0.25) is 0 Å². The molecule has 0 saturated heterocycles. The highest BCUT2D eigenvalue weighted by Crippen LogP contribution is 2.13. The van der Waals surface area contributed by atoms with Gasteiger partial charge in [0, 0.05) is 17.8 Å². The Hall–Kier alpha value is -2.50. The maximum Gasteiger partial charge on any atom is 0.270 e. The van der Waals surface area contributed by atoms with E-state index >= 15 is 0 Å². The summed E-state index contributed by atoms with van der Waals surface area (Å²) in [5.41, 5.74) is 1.01. The highest BCUT2D eigenvalue weighted by atomic mass is 16.1. The van der Waals surface area contributed by atoms with Crippen molar-refractivity contribution in [2.45, 2.75) is 39.8 Å². The molecule has 0 bridgehead atoms. The molecule has 0 aliphatic rings. The van der Waals surface area contributed by atoms with Gasteiger partial charge in [0.05, 0.1) is 12.2 Å². The maximum atomic E-state index is 12.2. The summed E-state index contributed by atoms with van der Waals surface area (Å²) in [7, 11) is 0. The Balaban J connectivity index is 2.09. The number of nitrogens with zero attached hydrogens (tertiary/aromatic N) is 3. The van der Waals surface area contributed by atoms with Gasteiger partial charge in [-0.05, 0) is 39.8 Å². The van der Waals surface area contributed by atoms with Crippen LogP contribution < -0.4 is 10.6 Å². The van der Waals surface area contributed by atoms with Crippen LogP contribution in [0.2, 0.25) is 0 Å². The van der Waals surface area contributed by atoms with E-state index in [0.717, 1.165) is 5.69 Å². The van der Waals surface area contributed by atoms with Crippen molar-refractivity contribution in [2.75, 3.05) is 5.32 Å². The summed E-state index contributed by atoms with van der Waals surface area (Å²) in [5.74, 6) is 0.952. The number of aryl methyl sites for hydroxylation is 1. The number of rotatable bonds is 4. The van der Waals surface area contributed by atoms with Gasteiger partial charge < -0.3 is 10.6 Å². The Labute approximate surface area is 130 Å². The van der Waals surface area contributed by atoms with Crippen molar-refractivity contribution in [3.63, 3.8) is 0 Å². The van der Waals surface area contributed by atoms with Gasteiger partial charge in [-0.15, -0.1) is 0 Å². The Morgan fingerprint density at radius 1 is 1.23 bits per heavy atom. The van der Waals surface area contributed by atoms with Gasteiger partial charge in [-0.3, -0.25) is 9.78 Å². The molecule has 0 fully saturated rings. The first-order valence-electron chi connectivity index (χ1n) is 7.15. The summed E-state index contributed by atoms with van der Waals surface area (Å²) >= 11 is 0. The van der Waals surface area contributed by atoms with Crippen molar-refractivity contribution in [1.29, 1.82) is 0 Å². The second-order valence-electron chi connectivity index (χ2n) is 6.06. The fourth-order valence-electron chi connectivity index (χ4n) is 1.90. The number of anilines is 1. The average molecular weight is 299 g/mol. The minimum atomic E-state index is -0.242. The van der Waals surface area contributed by atoms with Crippen LogP contribution in [-0.2, 0) is 6.54 Å². The second kappa shape index (κ2) is 6.51. The third kappa shape index (κ3) is 4.80. The Kier molecular flexibility index (Phi) is 4.70. The summed E-state index contributed by atoms with van der Waals surface area (Å²) in [6.45, 7) is 8.23. The molecule has 22 heavy (non-hydrogen) atoms. The second-order valence-corrected chi connectivity index (χ2v) is 6.06. The first-order valence-corrected chi connectivity index (χ1v) is 7.15. The molecule has 0 aliphatic heterocycles. The number of aromatic nitrogens is 3. The molecule has 2 heterocycles. The predicted octanol–water partition coefficient (Wildman–Crippen LogP) is 2.32. The molecule has 0 atom stereocenters. The SMILES string of the molecule is Cc1nc(NC(C)(C)C)cc(C(=O)NCc2ccccn2)n1. The van der Waals surface area contributed by atoms with E-state index in [1.165, 1.54) is 0 Å². The van der Waals surface area contributed by atoms with Crippen LogP contribution in [0.25, 0.3) is 0 Å². The first kappa shape index (κ1) is 15.9. The molecule has 6 heteroatoms. The number of hydrogen-bond acceptors (Lipinski definition) is 5. The lowest BCUT2D eigenvalue weighted by atomic mass is 10.1. The van der Waals surface area contributed by atoms with Crippen LogP contribution in [0.1, 0.15) is 42.8 Å². The van der Waals surface area contributed by atoms with Gasteiger partial charge >= 0.3 is 0 Å². The van der Waals surface area contributed by atoms with E-state index in [9.17, 15) is 4.79 Å². The number of hydrogen-bond donors (Lipinski definition) is 2. The van der Waals surface area contributed by atoms with Crippen LogP contribution in [0.3, 0.4) is 0 Å². The molecule has 0 aliphatic carbocycles. The minimum Gasteiger partial charge on any atom is -0.365 e. The zero-order chi connectivity index (χ0) is 16.2. The van der Waals surface area contributed by atoms with Gasteiger partial charge in [-0.2, -0.15) is 0 Å². The van der Waals surface area contributed by atoms with Gasteiger partial charge in [0.25, 0.3) is 5.91 Å². The number of pyridine rings is 1. The summed E-state index contributed by atoms with van der Waals surface area (Å²) < 4.78 is 0. The normalized spacial score (nSPS) is 11.1. The van der Waals surface area contributed by atoms with Crippen LogP contribution in [-0.4, -0.2) is 26.4 Å². The number of carbonyl (C=O) groups excluding carboxylic acids is 1. The van der Waals surface area contributed by atoms with Crippen LogP contribution in [0.5, 0.6) is 0 Å². The van der Waals surface area contributed by atoms with Crippen molar-refractivity contribution in [2.24, 2.45) is 0 Å². The standard InChI is InChI=1S/C16H21N5O/c1-11-19-13(9-14(20-11)21-16(2,3)4)15(22)18-10-12-7-5-6-8-17-12/h5-9H,10H2,1-4H3,(H,18,22)(H,19,20,21). The van der Waals surface area contributed by atoms with Gasteiger partial charge in [0.1, 0.15) is 17.3 Å². The first-order chi connectivity index (χ1) is 10.3. The van der Waals surface area contributed by atoms with Gasteiger partial charge in [-0.25, -0.2) is 9.97 Å². The molecule has 2 aromatic heterocycles. The lowest BCUT2D eigenvalue weighted by molar-refractivity contribution is 0.0945. The minimum absolute atomic E-state index is 0.136. The number of nitrogens with one attached hydrogen (secondary N) is 2. The van der Waals surface area contributed by atoms with Crippen molar-refractivity contribution < 1.29 is 4.79 Å². The van der Waals surface area contributed by atoms with E-state index in [-0.39, 0.29) is 11.4 Å². The molecule has 0 spiro atoms. The van der Waals surface area contributed by atoms with Crippen molar-refractivity contribution in [3.8, 4) is 0 Å². The molecular formula is C16H21N5O. The van der Waals surface area contributed by atoms with Gasteiger partial charge in [-0.1, -0.05) is 6.07 Å². The third-order valence-electron chi connectivity index (χ3n) is 2.73. The third-order valence-corrected chi connectivity index (χ3v) is 2.73. The van der Waals surface area contributed by atoms with E-state index in [4.69, 9.17) is 0 Å². The molecule has 2 rings (SSSR count). The van der Waals surface area contributed by atoms with Crippen LogP contribution in [0.4, 0.5) is 5.82 Å². The number of carbonyl (C=O) groups is 1. The Bertz CT molecular complexity index is 649. The van der Waals surface area contributed by atoms with Crippen LogP contribution in [0.15, 0.2) is 30.5 Å². The number of amides is 1. The molecule has 116 valence electrons. The molecule has 6 nitrogen and oxygen atoms in total. The van der Waals surface area contributed by atoms with E-state index in [2.05, 4.69) is 25.6 Å². The zero-order valence-electron chi connectivity index (χ0n) is 13.3. The summed E-state index contributed by atoms with van der Waals surface area (Å²) in [6, 6.07) is 7.24. The quantitative estimate of drug-likeness (QED) is 0.905. The molecule has 0 saturated carbocycles. The maximum absolute atomic E-state index is 12.2. The smallest absolute Gasteiger partial charge is 0.270 e. The average Bonchev–Trinajstić information content (AvgIpc) is 2.43. The van der Waals surface area contributed by atoms with Crippen LogP contribution >= 0.6 is 0 Å². The highest BCUT2D eigenvalue weighted by molar-refractivity contribution is 5.92. The highest BCUT2D eigenvalue weighted by Gasteiger charge is 2.14. The van der Waals surface area contributed by atoms with E-state index in [1.807, 2.05) is 39.0 Å². The lowest BCUT2D eigenvalue weighted by Gasteiger charge is -2.21. The topological polar surface area (TPSA) is 79.8 Å². The summed E-state index contributed by atoms with van der Waals surface area (Å²) in [4.78, 5) is 24.9. The Morgan fingerprint density at radius 3 is 2.64 bits per heavy atom. The molecule has 2 N–H and O–H groups in total. The van der Waals surface area contributed by atoms with Crippen molar-refractivity contribution in [3.05, 3.63) is 47.7 Å². The molecule has 0 unspecified atom stereocenters. The van der Waals surface area contributed by atoms with Crippen molar-refractivity contribution >= 4 is 11.7 Å². The van der Waals surface area contributed by atoms with E-state index in [1.54, 1.807) is 19.2 Å². The molecule has 2 aromatic rings. The largest absolute Gasteiger partial charge is 0.365 e. The molecule has 0 radical (unpaired) electrons. The monoisotopic (exact) mass is 299 g/mol.